The molecule has 16 heavy (non-hydrogen) atoms. The maximum Gasteiger partial charge on any atom is 0.123 e. The van der Waals surface area contributed by atoms with Crippen LogP contribution in [0.3, 0.4) is 0 Å². The summed E-state index contributed by atoms with van der Waals surface area (Å²) in [6, 6.07) is 6.31. The van der Waals surface area contributed by atoms with Crippen LogP contribution in [0.25, 0.3) is 0 Å². The van der Waals surface area contributed by atoms with E-state index in [1.165, 1.54) is 24.0 Å². The van der Waals surface area contributed by atoms with Gasteiger partial charge in [-0.3, -0.25) is 0 Å². The summed E-state index contributed by atoms with van der Waals surface area (Å²) in [4.78, 5) is 0. The van der Waals surface area contributed by atoms with E-state index in [9.17, 15) is 0 Å². The van der Waals surface area contributed by atoms with Crippen LogP contribution < -0.4 is 10.5 Å². The van der Waals surface area contributed by atoms with E-state index in [0.29, 0.717) is 12.6 Å². The van der Waals surface area contributed by atoms with E-state index in [4.69, 9.17) is 10.5 Å². The van der Waals surface area contributed by atoms with E-state index in [-0.39, 0.29) is 5.41 Å². The Morgan fingerprint density at radius 1 is 1.31 bits per heavy atom. The zero-order valence-corrected chi connectivity index (χ0v) is 10.4. The second-order valence-electron chi connectivity index (χ2n) is 5.60. The minimum Gasteiger partial charge on any atom is -0.490 e. The lowest BCUT2D eigenvalue weighted by atomic mass is 9.85. The summed E-state index contributed by atoms with van der Waals surface area (Å²) in [6.45, 7) is 7.22. The Hall–Kier alpha value is -1.02. The van der Waals surface area contributed by atoms with E-state index in [1.807, 2.05) is 0 Å². The molecule has 0 atom stereocenters. The largest absolute Gasteiger partial charge is 0.490 e. The van der Waals surface area contributed by atoms with E-state index in [2.05, 4.69) is 39.0 Å². The molecule has 0 spiro atoms. The Labute approximate surface area is 97.8 Å². The van der Waals surface area contributed by atoms with Gasteiger partial charge >= 0.3 is 0 Å². The van der Waals surface area contributed by atoms with Crippen molar-refractivity contribution >= 4 is 0 Å². The smallest absolute Gasteiger partial charge is 0.123 e. The van der Waals surface area contributed by atoms with Crippen molar-refractivity contribution in [2.24, 2.45) is 5.73 Å². The van der Waals surface area contributed by atoms with Gasteiger partial charge in [0.1, 0.15) is 5.75 Å². The lowest BCUT2D eigenvalue weighted by molar-refractivity contribution is 0.294. The lowest BCUT2D eigenvalue weighted by Gasteiger charge is -2.23. The molecule has 1 saturated carbocycles. The van der Waals surface area contributed by atoms with Crippen molar-refractivity contribution in [2.45, 2.75) is 51.7 Å². The molecule has 1 aliphatic carbocycles. The maximum atomic E-state index is 5.94. The summed E-state index contributed by atoms with van der Waals surface area (Å²) in [7, 11) is 0. The van der Waals surface area contributed by atoms with E-state index in [0.717, 1.165) is 5.75 Å². The molecule has 2 heteroatoms. The monoisotopic (exact) mass is 219 g/mol. The predicted molar refractivity (Wildman–Crippen MR) is 66.7 cm³/mol. The number of nitrogens with two attached hydrogens (primary N) is 1. The fourth-order valence-electron chi connectivity index (χ4n) is 1.76. The molecule has 1 aliphatic rings. The fourth-order valence-corrected chi connectivity index (χ4v) is 1.76. The van der Waals surface area contributed by atoms with Gasteiger partial charge in [0.15, 0.2) is 0 Å². The molecular formula is C14H21NO. The minimum atomic E-state index is 0.107. The standard InChI is InChI=1S/C14H21NO/c1-14(2,3)12-8-10(9-15)4-7-13(12)16-11-5-6-11/h4,7-8,11H,5-6,9,15H2,1-3H3. The highest BCUT2D eigenvalue weighted by Crippen LogP contribution is 2.35. The molecule has 2 N–H and O–H groups in total. The fraction of sp³-hybridized carbons (Fsp3) is 0.571. The molecule has 1 aromatic rings. The summed E-state index contributed by atoms with van der Waals surface area (Å²) in [5, 5.41) is 0. The van der Waals surface area contributed by atoms with Crippen molar-refractivity contribution in [3.05, 3.63) is 29.3 Å². The highest BCUT2D eigenvalue weighted by atomic mass is 16.5. The molecule has 0 saturated heterocycles. The van der Waals surface area contributed by atoms with Gasteiger partial charge in [-0.2, -0.15) is 0 Å². The van der Waals surface area contributed by atoms with Crippen molar-refractivity contribution in [2.75, 3.05) is 0 Å². The number of hydrogen-bond acceptors (Lipinski definition) is 2. The van der Waals surface area contributed by atoms with Crippen LogP contribution in [0, 0.1) is 0 Å². The molecule has 0 radical (unpaired) electrons. The van der Waals surface area contributed by atoms with Gasteiger partial charge in [-0.25, -0.2) is 0 Å². The van der Waals surface area contributed by atoms with Crippen molar-refractivity contribution in [3.8, 4) is 5.75 Å². The van der Waals surface area contributed by atoms with Gasteiger partial charge in [0.25, 0.3) is 0 Å². The normalized spacial score (nSPS) is 16.2. The van der Waals surface area contributed by atoms with Crippen molar-refractivity contribution in [1.29, 1.82) is 0 Å². The van der Waals surface area contributed by atoms with Gasteiger partial charge in [0, 0.05) is 6.54 Å². The van der Waals surface area contributed by atoms with Crippen LogP contribution >= 0.6 is 0 Å². The number of benzene rings is 1. The summed E-state index contributed by atoms with van der Waals surface area (Å²) < 4.78 is 5.94. The molecule has 0 amide bonds. The van der Waals surface area contributed by atoms with Crippen LogP contribution in [0.5, 0.6) is 5.75 Å². The Morgan fingerprint density at radius 3 is 2.50 bits per heavy atom. The number of hydrogen-bond donors (Lipinski definition) is 1. The predicted octanol–water partition coefficient (Wildman–Crippen LogP) is 2.98. The van der Waals surface area contributed by atoms with Crippen LogP contribution in [0.1, 0.15) is 44.7 Å². The van der Waals surface area contributed by atoms with Crippen molar-refractivity contribution < 1.29 is 4.74 Å². The average Bonchev–Trinajstić information content (AvgIpc) is 3.01. The first kappa shape index (κ1) is 11.5. The summed E-state index contributed by atoms with van der Waals surface area (Å²) >= 11 is 0. The topological polar surface area (TPSA) is 35.2 Å². The first-order valence-corrected chi connectivity index (χ1v) is 6.01. The third kappa shape index (κ3) is 2.56. The highest BCUT2D eigenvalue weighted by Gasteiger charge is 2.27. The Bertz CT molecular complexity index is 375. The zero-order chi connectivity index (χ0) is 11.8. The van der Waals surface area contributed by atoms with Gasteiger partial charge in [-0.05, 0) is 35.4 Å². The lowest BCUT2D eigenvalue weighted by Crippen LogP contribution is -2.15. The molecule has 1 fully saturated rings. The molecule has 2 rings (SSSR count). The molecule has 2 nitrogen and oxygen atoms in total. The quantitative estimate of drug-likeness (QED) is 0.848. The Kier molecular flexibility index (Phi) is 2.94. The summed E-state index contributed by atoms with van der Waals surface area (Å²) in [5.41, 5.74) is 8.23. The van der Waals surface area contributed by atoms with Gasteiger partial charge in [0.2, 0.25) is 0 Å². The second kappa shape index (κ2) is 4.10. The third-order valence-electron chi connectivity index (χ3n) is 2.91. The van der Waals surface area contributed by atoms with E-state index >= 15 is 0 Å². The maximum absolute atomic E-state index is 5.94. The summed E-state index contributed by atoms with van der Waals surface area (Å²) in [6.07, 6.45) is 2.84. The second-order valence-corrected chi connectivity index (χ2v) is 5.60. The third-order valence-corrected chi connectivity index (χ3v) is 2.91. The van der Waals surface area contributed by atoms with E-state index < -0.39 is 0 Å². The van der Waals surface area contributed by atoms with Crippen molar-refractivity contribution in [1.82, 2.24) is 0 Å². The minimum absolute atomic E-state index is 0.107. The summed E-state index contributed by atoms with van der Waals surface area (Å²) in [5.74, 6) is 1.03. The molecule has 0 heterocycles. The van der Waals surface area contributed by atoms with Crippen molar-refractivity contribution in [3.63, 3.8) is 0 Å². The molecule has 0 aromatic heterocycles. The van der Waals surface area contributed by atoms with Crippen LogP contribution in [-0.4, -0.2) is 6.10 Å². The van der Waals surface area contributed by atoms with Gasteiger partial charge in [-0.1, -0.05) is 32.9 Å². The molecule has 0 bridgehead atoms. The average molecular weight is 219 g/mol. The van der Waals surface area contributed by atoms with Crippen LogP contribution in [0.4, 0.5) is 0 Å². The first-order chi connectivity index (χ1) is 7.50. The van der Waals surface area contributed by atoms with Gasteiger partial charge in [0.05, 0.1) is 6.10 Å². The van der Waals surface area contributed by atoms with Crippen LogP contribution in [0.2, 0.25) is 0 Å². The SMILES string of the molecule is CC(C)(C)c1cc(CN)ccc1OC1CC1. The molecule has 88 valence electrons. The van der Waals surface area contributed by atoms with E-state index in [1.54, 1.807) is 0 Å². The molecule has 0 unspecified atom stereocenters. The first-order valence-electron chi connectivity index (χ1n) is 6.01. The van der Waals surface area contributed by atoms with Gasteiger partial charge < -0.3 is 10.5 Å². The van der Waals surface area contributed by atoms with Gasteiger partial charge in [-0.15, -0.1) is 0 Å². The Balaban J connectivity index is 2.33. The molecule has 1 aromatic carbocycles. The van der Waals surface area contributed by atoms with Crippen LogP contribution in [-0.2, 0) is 12.0 Å². The number of ether oxygens (including phenoxy) is 1. The number of rotatable bonds is 3. The zero-order valence-electron chi connectivity index (χ0n) is 10.4. The molecular weight excluding hydrogens is 198 g/mol. The highest BCUT2D eigenvalue weighted by molar-refractivity contribution is 5.42. The van der Waals surface area contributed by atoms with Crippen LogP contribution in [0.15, 0.2) is 18.2 Å². The Morgan fingerprint density at radius 2 is 2.00 bits per heavy atom. The molecule has 0 aliphatic heterocycles.